The molecule has 3 heteroatoms. The topological polar surface area (TPSA) is 9.23 Å². The van der Waals surface area contributed by atoms with Crippen molar-refractivity contribution in [3.05, 3.63) is 163 Å². The van der Waals surface area contributed by atoms with Crippen LogP contribution in [0.3, 0.4) is 0 Å². The first-order chi connectivity index (χ1) is 22.6. The Kier molecular flexibility index (Phi) is 6.80. The number of fused-ring (bicyclic) bond motifs is 3. The summed E-state index contributed by atoms with van der Waals surface area (Å²) in [5.74, 6) is 0.148. The van der Waals surface area contributed by atoms with E-state index in [4.69, 9.17) is 4.74 Å². The predicted molar refractivity (Wildman–Crippen MR) is 187 cm³/mol. The standard InChI is InChI=1S/C43H28F2O/c1-46-33-23-21-28(22-24-33)39-35-18-6-5-17-34(35)38(27-11-3-2-4-12-27)42-40(29-13-9-15-31(44)25-29)36-19-7-8-20-37(36)41(43(39)42)30-14-10-16-32(45)26-30/h2-26H,1H3. The van der Waals surface area contributed by atoms with E-state index < -0.39 is 0 Å². The van der Waals surface area contributed by atoms with Gasteiger partial charge in [-0.25, -0.2) is 8.78 Å². The lowest BCUT2D eigenvalue weighted by Crippen LogP contribution is -1.98. The molecule has 0 radical (unpaired) electrons. The van der Waals surface area contributed by atoms with Crippen LogP contribution < -0.4 is 4.74 Å². The van der Waals surface area contributed by atoms with Crippen LogP contribution in [0.25, 0.3) is 76.8 Å². The normalized spacial score (nSPS) is 11.4. The van der Waals surface area contributed by atoms with Gasteiger partial charge in [-0.2, -0.15) is 0 Å². The van der Waals surface area contributed by atoms with Crippen LogP contribution >= 0.6 is 0 Å². The quantitative estimate of drug-likeness (QED) is 0.179. The third-order valence-corrected chi connectivity index (χ3v) is 8.85. The second kappa shape index (κ2) is 11.3. The van der Waals surface area contributed by atoms with E-state index in [0.717, 1.165) is 82.6 Å². The summed E-state index contributed by atoms with van der Waals surface area (Å²) in [6.07, 6.45) is 0. The van der Waals surface area contributed by atoms with Crippen molar-refractivity contribution in [3.63, 3.8) is 0 Å². The first-order valence-electron chi connectivity index (χ1n) is 15.3. The second-order valence-corrected chi connectivity index (χ2v) is 11.5. The maximum atomic E-state index is 15.1. The summed E-state index contributed by atoms with van der Waals surface area (Å²) in [5, 5.41) is 6.03. The Labute approximate surface area is 266 Å². The molecular weight excluding hydrogens is 570 g/mol. The molecule has 8 aromatic rings. The molecule has 0 atom stereocenters. The molecule has 220 valence electrons. The molecule has 0 saturated carbocycles. The lowest BCUT2D eigenvalue weighted by Gasteiger charge is -2.25. The van der Waals surface area contributed by atoms with E-state index in [1.54, 1.807) is 31.4 Å². The molecule has 0 aliphatic heterocycles. The third-order valence-electron chi connectivity index (χ3n) is 8.85. The first-order valence-corrected chi connectivity index (χ1v) is 15.3. The lowest BCUT2D eigenvalue weighted by molar-refractivity contribution is 0.415. The van der Waals surface area contributed by atoms with Crippen molar-refractivity contribution < 1.29 is 13.5 Å². The minimum absolute atomic E-state index is 0.304. The highest BCUT2D eigenvalue weighted by atomic mass is 19.1. The van der Waals surface area contributed by atoms with Crippen LogP contribution in [0.15, 0.2) is 152 Å². The molecule has 0 aromatic heterocycles. The van der Waals surface area contributed by atoms with Gasteiger partial charge in [-0.05, 0) is 113 Å². The van der Waals surface area contributed by atoms with Crippen molar-refractivity contribution in [2.24, 2.45) is 0 Å². The van der Waals surface area contributed by atoms with E-state index in [0.29, 0.717) is 0 Å². The fraction of sp³-hybridized carbons (Fsp3) is 0.0233. The number of ether oxygens (including phenoxy) is 1. The molecule has 0 aliphatic rings. The van der Waals surface area contributed by atoms with E-state index >= 15 is 8.78 Å². The highest BCUT2D eigenvalue weighted by molar-refractivity contribution is 6.33. The van der Waals surface area contributed by atoms with Gasteiger partial charge in [-0.1, -0.05) is 115 Å². The molecule has 0 unspecified atom stereocenters. The van der Waals surface area contributed by atoms with E-state index in [-0.39, 0.29) is 11.6 Å². The molecule has 0 amide bonds. The zero-order valence-corrected chi connectivity index (χ0v) is 25.1. The summed E-state index contributed by atoms with van der Waals surface area (Å²) >= 11 is 0. The molecule has 46 heavy (non-hydrogen) atoms. The molecule has 0 bridgehead atoms. The van der Waals surface area contributed by atoms with Crippen molar-refractivity contribution in [1.29, 1.82) is 0 Å². The summed E-state index contributed by atoms with van der Waals surface area (Å²) in [5.41, 5.74) is 7.53. The Morgan fingerprint density at radius 1 is 0.370 bits per heavy atom. The monoisotopic (exact) mass is 598 g/mol. The molecule has 0 spiro atoms. The Morgan fingerprint density at radius 2 is 0.739 bits per heavy atom. The van der Waals surface area contributed by atoms with Gasteiger partial charge in [0, 0.05) is 0 Å². The van der Waals surface area contributed by atoms with E-state index in [1.807, 2.05) is 54.6 Å². The van der Waals surface area contributed by atoms with Crippen molar-refractivity contribution >= 4 is 32.3 Å². The summed E-state index contributed by atoms with van der Waals surface area (Å²) in [6.45, 7) is 0. The van der Waals surface area contributed by atoms with E-state index in [2.05, 4.69) is 60.7 Å². The SMILES string of the molecule is COc1ccc(-c2c3ccccc3c(-c3ccccc3)c3c(-c4cccc(F)c4)c4ccccc4c(-c4cccc(F)c4)c23)cc1. The lowest BCUT2D eigenvalue weighted by atomic mass is 9.77. The molecule has 0 fully saturated rings. The number of hydrogen-bond donors (Lipinski definition) is 0. The zero-order chi connectivity index (χ0) is 31.2. The Morgan fingerprint density at radius 3 is 1.15 bits per heavy atom. The van der Waals surface area contributed by atoms with Crippen molar-refractivity contribution in [2.75, 3.05) is 7.11 Å². The average Bonchev–Trinajstić information content (AvgIpc) is 3.10. The third kappa shape index (κ3) is 4.52. The smallest absolute Gasteiger partial charge is 0.123 e. The van der Waals surface area contributed by atoms with Crippen LogP contribution in [0.2, 0.25) is 0 Å². The first kappa shape index (κ1) is 27.7. The Hall–Kier alpha value is -5.80. The number of methoxy groups -OCH3 is 1. The van der Waals surface area contributed by atoms with Gasteiger partial charge in [0.05, 0.1) is 7.11 Å². The predicted octanol–water partition coefficient (Wildman–Crippen LogP) is 12.1. The average molecular weight is 599 g/mol. The van der Waals surface area contributed by atoms with Crippen molar-refractivity contribution in [1.82, 2.24) is 0 Å². The molecule has 1 nitrogen and oxygen atoms in total. The van der Waals surface area contributed by atoms with Gasteiger partial charge in [0.2, 0.25) is 0 Å². The molecule has 0 heterocycles. The summed E-state index contributed by atoms with van der Waals surface area (Å²) in [4.78, 5) is 0. The van der Waals surface area contributed by atoms with Gasteiger partial charge < -0.3 is 4.74 Å². The Balaban J connectivity index is 1.74. The van der Waals surface area contributed by atoms with Gasteiger partial charge in [0.15, 0.2) is 0 Å². The molecule has 8 rings (SSSR count). The second-order valence-electron chi connectivity index (χ2n) is 11.5. The van der Waals surface area contributed by atoms with Crippen LogP contribution in [-0.2, 0) is 0 Å². The van der Waals surface area contributed by atoms with Crippen LogP contribution in [0, 0.1) is 11.6 Å². The molecule has 0 aliphatic carbocycles. The van der Waals surface area contributed by atoms with Gasteiger partial charge >= 0.3 is 0 Å². The van der Waals surface area contributed by atoms with Gasteiger partial charge in [-0.15, -0.1) is 0 Å². The number of benzene rings is 8. The highest BCUT2D eigenvalue weighted by Crippen LogP contribution is 2.53. The highest BCUT2D eigenvalue weighted by Gasteiger charge is 2.26. The molecule has 0 saturated heterocycles. The van der Waals surface area contributed by atoms with Crippen molar-refractivity contribution in [2.45, 2.75) is 0 Å². The van der Waals surface area contributed by atoms with Gasteiger partial charge in [-0.3, -0.25) is 0 Å². The molecule has 0 N–H and O–H groups in total. The maximum absolute atomic E-state index is 15.1. The van der Waals surface area contributed by atoms with Crippen LogP contribution in [0.1, 0.15) is 0 Å². The van der Waals surface area contributed by atoms with E-state index in [9.17, 15) is 0 Å². The fourth-order valence-electron chi connectivity index (χ4n) is 6.98. The number of rotatable bonds is 5. The van der Waals surface area contributed by atoms with E-state index in [1.165, 1.54) is 12.1 Å². The van der Waals surface area contributed by atoms with Crippen molar-refractivity contribution in [3.8, 4) is 50.3 Å². The summed E-state index contributed by atoms with van der Waals surface area (Å²) < 4.78 is 35.7. The maximum Gasteiger partial charge on any atom is 0.123 e. The zero-order valence-electron chi connectivity index (χ0n) is 25.1. The minimum atomic E-state index is -0.306. The fourth-order valence-corrected chi connectivity index (χ4v) is 6.98. The largest absolute Gasteiger partial charge is 0.497 e. The summed E-state index contributed by atoms with van der Waals surface area (Å²) in [7, 11) is 1.66. The number of hydrogen-bond acceptors (Lipinski definition) is 1. The molecular formula is C43H28F2O. The molecule has 8 aromatic carbocycles. The van der Waals surface area contributed by atoms with Gasteiger partial charge in [0.25, 0.3) is 0 Å². The summed E-state index contributed by atoms with van der Waals surface area (Å²) in [6, 6.07) is 48.8. The Bertz CT molecular complexity index is 2410. The van der Waals surface area contributed by atoms with Crippen LogP contribution in [-0.4, -0.2) is 7.11 Å². The number of halogens is 2. The minimum Gasteiger partial charge on any atom is -0.497 e. The van der Waals surface area contributed by atoms with Gasteiger partial charge in [0.1, 0.15) is 17.4 Å². The van der Waals surface area contributed by atoms with Crippen LogP contribution in [0.4, 0.5) is 8.78 Å². The van der Waals surface area contributed by atoms with Crippen LogP contribution in [0.5, 0.6) is 5.75 Å².